The molecule has 0 aromatic carbocycles. The van der Waals surface area contributed by atoms with Crippen molar-refractivity contribution in [3.05, 3.63) is 0 Å². The van der Waals surface area contributed by atoms with Gasteiger partial charge in [-0.1, -0.05) is 0 Å². The lowest BCUT2D eigenvalue weighted by molar-refractivity contribution is -0.136. The Morgan fingerprint density at radius 2 is 1.88 bits per heavy atom. The van der Waals surface area contributed by atoms with Gasteiger partial charge in [-0.3, -0.25) is 4.79 Å². The van der Waals surface area contributed by atoms with Crippen LogP contribution in [0.5, 0.6) is 0 Å². The monoisotopic (exact) mass is 228 g/mol. The average Bonchev–Trinajstić information content (AvgIpc) is 1.96. The minimum Gasteiger partial charge on any atom is -0.444 e. The number of alkyl carbamates (subject to hydrolysis) is 1. The Morgan fingerprint density at radius 1 is 1.31 bits per heavy atom. The molecule has 0 radical (unpaired) electrons. The molecule has 5 nitrogen and oxygen atoms in total. The predicted octanol–water partition coefficient (Wildman–Crippen LogP) is 1.13. The third-order valence-electron chi connectivity index (χ3n) is 2.27. The van der Waals surface area contributed by atoms with Crippen LogP contribution in [-0.2, 0) is 9.53 Å². The molecular formula is C11H20N2O3. The lowest BCUT2D eigenvalue weighted by Gasteiger charge is -2.33. The van der Waals surface area contributed by atoms with Crippen LogP contribution in [0.25, 0.3) is 0 Å². The second kappa shape index (κ2) is 4.72. The smallest absolute Gasteiger partial charge is 0.408 e. The molecule has 0 saturated carbocycles. The van der Waals surface area contributed by atoms with Gasteiger partial charge in [0.05, 0.1) is 0 Å². The van der Waals surface area contributed by atoms with Crippen LogP contribution >= 0.6 is 0 Å². The topological polar surface area (TPSA) is 58.6 Å². The van der Waals surface area contributed by atoms with Crippen molar-refractivity contribution in [2.75, 3.05) is 13.1 Å². The number of hydrogen-bond donors (Lipinski definition) is 1. The molecule has 2 amide bonds. The predicted molar refractivity (Wildman–Crippen MR) is 60.0 cm³/mol. The average molecular weight is 228 g/mol. The fraction of sp³-hybridized carbons (Fsp3) is 0.818. The molecule has 1 N–H and O–H groups in total. The zero-order valence-corrected chi connectivity index (χ0v) is 10.4. The zero-order chi connectivity index (χ0) is 12.3. The second-order valence-corrected chi connectivity index (χ2v) is 5.05. The summed E-state index contributed by atoms with van der Waals surface area (Å²) >= 11 is 0. The molecule has 0 aliphatic carbocycles. The number of ether oxygens (including phenoxy) is 1. The largest absolute Gasteiger partial charge is 0.444 e. The standard InChI is InChI=1S/C11H20N2O3/c1-8(9(14)13-6-5-7-13)12-10(15)16-11(2,3)4/h8H,5-7H2,1-4H3,(H,12,15). The minimum absolute atomic E-state index is 0.0443. The van der Waals surface area contributed by atoms with Gasteiger partial charge in [0.25, 0.3) is 0 Å². The van der Waals surface area contributed by atoms with Crippen molar-refractivity contribution in [3.63, 3.8) is 0 Å². The van der Waals surface area contributed by atoms with Crippen molar-refractivity contribution in [1.29, 1.82) is 0 Å². The van der Waals surface area contributed by atoms with Gasteiger partial charge in [-0.15, -0.1) is 0 Å². The van der Waals surface area contributed by atoms with Crippen molar-refractivity contribution in [1.82, 2.24) is 10.2 Å². The third kappa shape index (κ3) is 3.72. The van der Waals surface area contributed by atoms with Crippen LogP contribution in [0.15, 0.2) is 0 Å². The number of hydrogen-bond acceptors (Lipinski definition) is 3. The van der Waals surface area contributed by atoms with Crippen molar-refractivity contribution >= 4 is 12.0 Å². The van der Waals surface area contributed by atoms with Crippen LogP contribution in [0.4, 0.5) is 4.79 Å². The highest BCUT2D eigenvalue weighted by Gasteiger charge is 2.27. The number of likely N-dealkylation sites (tertiary alicyclic amines) is 1. The molecule has 5 heteroatoms. The van der Waals surface area contributed by atoms with Crippen molar-refractivity contribution in [2.24, 2.45) is 0 Å². The van der Waals surface area contributed by atoms with Gasteiger partial charge >= 0.3 is 6.09 Å². The maximum absolute atomic E-state index is 11.7. The van der Waals surface area contributed by atoms with E-state index in [1.54, 1.807) is 32.6 Å². The van der Waals surface area contributed by atoms with E-state index in [0.29, 0.717) is 0 Å². The van der Waals surface area contributed by atoms with Gasteiger partial charge in [0.15, 0.2) is 0 Å². The van der Waals surface area contributed by atoms with E-state index >= 15 is 0 Å². The SMILES string of the molecule is CC(NC(=O)OC(C)(C)C)C(=O)N1CCC1. The van der Waals surface area contributed by atoms with Crippen LogP contribution in [0.3, 0.4) is 0 Å². The van der Waals surface area contributed by atoms with Crippen molar-refractivity contribution in [3.8, 4) is 0 Å². The molecule has 0 spiro atoms. The van der Waals surface area contributed by atoms with Gasteiger partial charge in [-0.2, -0.15) is 0 Å². The fourth-order valence-electron chi connectivity index (χ4n) is 1.36. The molecule has 1 aliphatic rings. The van der Waals surface area contributed by atoms with Crippen LogP contribution in [0, 0.1) is 0 Å². The van der Waals surface area contributed by atoms with E-state index < -0.39 is 17.7 Å². The zero-order valence-electron chi connectivity index (χ0n) is 10.4. The molecule has 1 unspecified atom stereocenters. The first-order valence-electron chi connectivity index (χ1n) is 5.58. The number of nitrogens with zero attached hydrogens (tertiary/aromatic N) is 1. The molecule has 0 aromatic heterocycles. The number of carbonyl (C=O) groups excluding carboxylic acids is 2. The Balaban J connectivity index is 2.35. The van der Waals surface area contributed by atoms with Gasteiger partial charge in [0.1, 0.15) is 11.6 Å². The molecule has 1 saturated heterocycles. The summed E-state index contributed by atoms with van der Waals surface area (Å²) in [6, 6.07) is -0.518. The number of amides is 2. The quantitative estimate of drug-likeness (QED) is 0.770. The molecule has 1 fully saturated rings. The summed E-state index contributed by atoms with van der Waals surface area (Å²) in [4.78, 5) is 24.8. The maximum atomic E-state index is 11.7. The van der Waals surface area contributed by atoms with Crippen molar-refractivity contribution in [2.45, 2.75) is 45.8 Å². The normalized spacial score (nSPS) is 17.4. The van der Waals surface area contributed by atoms with Gasteiger partial charge in [-0.05, 0) is 34.1 Å². The minimum atomic E-state index is -0.547. The van der Waals surface area contributed by atoms with Gasteiger partial charge in [0, 0.05) is 13.1 Å². The molecule has 1 aliphatic heterocycles. The summed E-state index contributed by atoms with van der Waals surface area (Å²) in [6.07, 6.45) is 0.499. The molecule has 1 atom stereocenters. The van der Waals surface area contributed by atoms with E-state index in [-0.39, 0.29) is 5.91 Å². The number of rotatable bonds is 2. The Morgan fingerprint density at radius 3 is 2.25 bits per heavy atom. The summed E-state index contributed by atoms with van der Waals surface area (Å²) in [7, 11) is 0. The molecule has 0 aromatic rings. The first-order chi connectivity index (χ1) is 7.29. The van der Waals surface area contributed by atoms with Crippen LogP contribution in [-0.4, -0.2) is 41.6 Å². The fourth-order valence-corrected chi connectivity index (χ4v) is 1.36. The highest BCUT2D eigenvalue weighted by atomic mass is 16.6. The third-order valence-corrected chi connectivity index (χ3v) is 2.27. The Labute approximate surface area is 96.1 Å². The molecule has 16 heavy (non-hydrogen) atoms. The molecule has 1 rings (SSSR count). The van der Waals surface area contributed by atoms with E-state index in [9.17, 15) is 9.59 Å². The molecule has 0 bridgehead atoms. The summed E-state index contributed by atoms with van der Waals surface area (Å²) < 4.78 is 5.07. The van der Waals surface area contributed by atoms with E-state index in [1.807, 2.05) is 0 Å². The van der Waals surface area contributed by atoms with E-state index in [2.05, 4.69) is 5.32 Å². The number of carbonyl (C=O) groups is 2. The van der Waals surface area contributed by atoms with Crippen LogP contribution in [0.1, 0.15) is 34.1 Å². The van der Waals surface area contributed by atoms with Gasteiger partial charge < -0.3 is 15.0 Å². The van der Waals surface area contributed by atoms with Gasteiger partial charge in [0.2, 0.25) is 5.91 Å². The molecule has 1 heterocycles. The second-order valence-electron chi connectivity index (χ2n) is 5.05. The molecule has 92 valence electrons. The van der Waals surface area contributed by atoms with E-state index in [4.69, 9.17) is 4.74 Å². The maximum Gasteiger partial charge on any atom is 0.408 e. The Kier molecular flexibility index (Phi) is 3.78. The van der Waals surface area contributed by atoms with E-state index in [1.165, 1.54) is 0 Å². The summed E-state index contributed by atoms with van der Waals surface area (Å²) in [6.45, 7) is 8.61. The summed E-state index contributed by atoms with van der Waals surface area (Å²) in [5.74, 6) is -0.0443. The van der Waals surface area contributed by atoms with Crippen molar-refractivity contribution < 1.29 is 14.3 Å². The Hall–Kier alpha value is -1.26. The van der Waals surface area contributed by atoms with Gasteiger partial charge in [-0.25, -0.2) is 4.79 Å². The number of nitrogens with one attached hydrogen (secondary N) is 1. The Bertz CT molecular complexity index is 279. The highest BCUT2D eigenvalue weighted by Crippen LogP contribution is 2.09. The summed E-state index contributed by atoms with van der Waals surface area (Å²) in [5.41, 5.74) is -0.538. The lowest BCUT2D eigenvalue weighted by atomic mass is 10.2. The van der Waals surface area contributed by atoms with Crippen LogP contribution in [0.2, 0.25) is 0 Å². The van der Waals surface area contributed by atoms with E-state index in [0.717, 1.165) is 19.5 Å². The first kappa shape index (κ1) is 12.8. The highest BCUT2D eigenvalue weighted by molar-refractivity contribution is 5.85. The lowest BCUT2D eigenvalue weighted by Crippen LogP contribution is -2.52. The molecular weight excluding hydrogens is 208 g/mol. The summed E-state index contributed by atoms with van der Waals surface area (Å²) in [5, 5.41) is 2.53. The first-order valence-corrected chi connectivity index (χ1v) is 5.58. The van der Waals surface area contributed by atoms with Crippen LogP contribution < -0.4 is 5.32 Å².